The predicted molar refractivity (Wildman–Crippen MR) is 127 cm³/mol. The van der Waals surface area contributed by atoms with Gasteiger partial charge < -0.3 is 19.3 Å². The van der Waals surface area contributed by atoms with E-state index >= 15 is 0 Å². The third kappa shape index (κ3) is 4.74. The Labute approximate surface area is 194 Å². The van der Waals surface area contributed by atoms with Crippen LogP contribution in [0.4, 0.5) is 5.82 Å². The van der Waals surface area contributed by atoms with Crippen LogP contribution in [0.5, 0.6) is 11.5 Å². The first-order valence-corrected chi connectivity index (χ1v) is 11.0. The second kappa shape index (κ2) is 9.85. The summed E-state index contributed by atoms with van der Waals surface area (Å²) in [5.74, 6) is 2.49. The lowest BCUT2D eigenvalue weighted by Gasteiger charge is -2.33. The van der Waals surface area contributed by atoms with E-state index in [0.29, 0.717) is 36.0 Å². The number of carbonyl (C=O) groups is 1. The van der Waals surface area contributed by atoms with Gasteiger partial charge in [-0.25, -0.2) is 9.97 Å². The van der Waals surface area contributed by atoms with Gasteiger partial charge in [0.15, 0.2) is 5.82 Å². The number of nitrogens with zero attached hydrogens (tertiary/aromatic N) is 5. The lowest BCUT2D eigenvalue weighted by Crippen LogP contribution is -2.39. The molecule has 0 spiro atoms. The van der Waals surface area contributed by atoms with Crippen LogP contribution in [0.3, 0.4) is 0 Å². The highest BCUT2D eigenvalue weighted by Gasteiger charge is 2.30. The number of benzene rings is 1. The topological polar surface area (TPSA) is 80.7 Å². The van der Waals surface area contributed by atoms with E-state index < -0.39 is 0 Å². The SMILES string of the molecule is COc1cccc(OC)c1C(=O)N1CCCC(c2cc(N(C)C)nc(-c3cccnc3)n2)C1. The highest BCUT2D eigenvalue weighted by Crippen LogP contribution is 2.34. The molecule has 1 aromatic carbocycles. The number of anilines is 1. The first-order valence-electron chi connectivity index (χ1n) is 11.0. The quantitative estimate of drug-likeness (QED) is 0.571. The van der Waals surface area contributed by atoms with Crippen molar-refractivity contribution in [3.63, 3.8) is 0 Å². The van der Waals surface area contributed by atoms with Gasteiger partial charge in [0.05, 0.1) is 19.9 Å². The zero-order valence-electron chi connectivity index (χ0n) is 19.5. The van der Waals surface area contributed by atoms with Crippen LogP contribution >= 0.6 is 0 Å². The molecular weight excluding hydrogens is 418 g/mol. The first kappa shape index (κ1) is 22.5. The molecule has 8 heteroatoms. The van der Waals surface area contributed by atoms with Crippen molar-refractivity contribution in [2.45, 2.75) is 18.8 Å². The number of pyridine rings is 1. The standard InChI is InChI=1S/C25H29N5O3/c1-29(2)22-14-19(27-24(28-22)17-8-6-12-26-15-17)18-9-7-13-30(16-18)25(31)23-20(32-3)10-5-11-21(23)33-4/h5-6,8,10-12,14-15,18H,7,9,13,16H2,1-4H3. The number of ether oxygens (including phenoxy) is 2. The zero-order chi connectivity index (χ0) is 23.4. The lowest BCUT2D eigenvalue weighted by molar-refractivity contribution is 0.0699. The number of hydrogen-bond donors (Lipinski definition) is 0. The van der Waals surface area contributed by atoms with E-state index in [-0.39, 0.29) is 11.8 Å². The number of likely N-dealkylation sites (tertiary alicyclic amines) is 1. The summed E-state index contributed by atoms with van der Waals surface area (Å²) in [5.41, 5.74) is 2.25. The van der Waals surface area contributed by atoms with Crippen molar-refractivity contribution in [2.75, 3.05) is 46.3 Å². The zero-order valence-corrected chi connectivity index (χ0v) is 19.5. The van der Waals surface area contributed by atoms with Crippen LogP contribution in [0.2, 0.25) is 0 Å². The van der Waals surface area contributed by atoms with Crippen molar-refractivity contribution in [3.8, 4) is 22.9 Å². The Morgan fingerprint density at radius 3 is 2.48 bits per heavy atom. The molecule has 0 saturated carbocycles. The molecule has 2 aromatic heterocycles. The highest BCUT2D eigenvalue weighted by molar-refractivity contribution is 5.99. The van der Waals surface area contributed by atoms with E-state index in [1.807, 2.05) is 48.2 Å². The van der Waals surface area contributed by atoms with E-state index in [2.05, 4.69) is 4.98 Å². The van der Waals surface area contributed by atoms with Crippen molar-refractivity contribution < 1.29 is 14.3 Å². The smallest absolute Gasteiger partial charge is 0.261 e. The summed E-state index contributed by atoms with van der Waals surface area (Å²) in [6, 6.07) is 11.2. The molecule has 3 aromatic rings. The molecule has 1 amide bonds. The van der Waals surface area contributed by atoms with Crippen LogP contribution in [0.15, 0.2) is 48.8 Å². The average Bonchev–Trinajstić information content (AvgIpc) is 2.88. The summed E-state index contributed by atoms with van der Waals surface area (Å²) in [4.78, 5) is 31.1. The van der Waals surface area contributed by atoms with Crippen LogP contribution in [-0.2, 0) is 0 Å². The molecule has 0 bridgehead atoms. The fourth-order valence-corrected chi connectivity index (χ4v) is 4.14. The summed E-state index contributed by atoms with van der Waals surface area (Å²) in [6.07, 6.45) is 5.33. The van der Waals surface area contributed by atoms with Crippen LogP contribution in [0, 0.1) is 0 Å². The fraction of sp³-hybridized carbons (Fsp3) is 0.360. The molecule has 0 aliphatic carbocycles. The van der Waals surface area contributed by atoms with Crippen molar-refractivity contribution in [2.24, 2.45) is 0 Å². The van der Waals surface area contributed by atoms with Crippen LogP contribution in [0.25, 0.3) is 11.4 Å². The van der Waals surface area contributed by atoms with Crippen LogP contribution in [-0.4, -0.2) is 67.2 Å². The largest absolute Gasteiger partial charge is 0.496 e. The maximum absolute atomic E-state index is 13.5. The van der Waals surface area contributed by atoms with Crippen molar-refractivity contribution >= 4 is 11.7 Å². The average molecular weight is 448 g/mol. The molecule has 8 nitrogen and oxygen atoms in total. The number of piperidine rings is 1. The minimum absolute atomic E-state index is 0.0941. The molecule has 33 heavy (non-hydrogen) atoms. The van der Waals surface area contributed by atoms with Gasteiger partial charge in [-0.15, -0.1) is 0 Å². The van der Waals surface area contributed by atoms with E-state index in [1.54, 1.807) is 38.7 Å². The molecule has 1 fully saturated rings. The summed E-state index contributed by atoms with van der Waals surface area (Å²) in [7, 11) is 7.05. The summed E-state index contributed by atoms with van der Waals surface area (Å²) in [6.45, 7) is 1.24. The second-order valence-corrected chi connectivity index (χ2v) is 8.24. The Bertz CT molecular complexity index is 1100. The number of methoxy groups -OCH3 is 2. The maximum atomic E-state index is 13.5. The molecular formula is C25H29N5O3. The Hall–Kier alpha value is -3.68. The van der Waals surface area contributed by atoms with Gasteiger partial charge in [0.2, 0.25) is 0 Å². The van der Waals surface area contributed by atoms with E-state index in [0.717, 1.165) is 29.9 Å². The molecule has 1 atom stereocenters. The molecule has 1 saturated heterocycles. The van der Waals surface area contributed by atoms with Gasteiger partial charge in [0.25, 0.3) is 5.91 Å². The Kier molecular flexibility index (Phi) is 6.72. The fourth-order valence-electron chi connectivity index (χ4n) is 4.14. The number of amides is 1. The summed E-state index contributed by atoms with van der Waals surface area (Å²) < 4.78 is 10.9. The second-order valence-electron chi connectivity index (χ2n) is 8.24. The van der Waals surface area contributed by atoms with Gasteiger partial charge in [-0.3, -0.25) is 9.78 Å². The molecule has 1 unspecified atom stereocenters. The number of carbonyl (C=O) groups excluding carboxylic acids is 1. The van der Waals surface area contributed by atoms with E-state index in [4.69, 9.17) is 19.4 Å². The molecule has 1 aliphatic heterocycles. The lowest BCUT2D eigenvalue weighted by atomic mass is 9.93. The summed E-state index contributed by atoms with van der Waals surface area (Å²) in [5, 5.41) is 0. The third-order valence-electron chi connectivity index (χ3n) is 5.88. The number of aromatic nitrogens is 3. The number of rotatable bonds is 6. The Morgan fingerprint density at radius 2 is 1.85 bits per heavy atom. The van der Waals surface area contributed by atoms with Gasteiger partial charge in [-0.1, -0.05) is 6.07 Å². The first-order chi connectivity index (χ1) is 16.0. The van der Waals surface area contributed by atoms with Crippen molar-refractivity contribution in [1.29, 1.82) is 0 Å². The highest BCUT2D eigenvalue weighted by atomic mass is 16.5. The van der Waals surface area contributed by atoms with Gasteiger partial charge in [-0.05, 0) is 37.1 Å². The molecule has 172 valence electrons. The van der Waals surface area contributed by atoms with Gasteiger partial charge in [0.1, 0.15) is 22.9 Å². The van der Waals surface area contributed by atoms with Crippen LogP contribution < -0.4 is 14.4 Å². The van der Waals surface area contributed by atoms with Crippen LogP contribution in [0.1, 0.15) is 34.8 Å². The number of hydrogen-bond acceptors (Lipinski definition) is 7. The summed E-state index contributed by atoms with van der Waals surface area (Å²) >= 11 is 0. The van der Waals surface area contributed by atoms with Crippen molar-refractivity contribution in [3.05, 3.63) is 60.0 Å². The predicted octanol–water partition coefficient (Wildman–Crippen LogP) is 3.64. The Balaban J connectivity index is 1.66. The minimum atomic E-state index is -0.0941. The van der Waals surface area contributed by atoms with E-state index in [1.165, 1.54) is 0 Å². The van der Waals surface area contributed by atoms with E-state index in [9.17, 15) is 4.79 Å². The molecule has 0 N–H and O–H groups in total. The third-order valence-corrected chi connectivity index (χ3v) is 5.88. The van der Waals surface area contributed by atoms with Gasteiger partial charge in [0, 0.05) is 57.1 Å². The Morgan fingerprint density at radius 1 is 1.09 bits per heavy atom. The normalized spacial score (nSPS) is 15.8. The van der Waals surface area contributed by atoms with Gasteiger partial charge in [-0.2, -0.15) is 0 Å². The molecule has 1 aliphatic rings. The minimum Gasteiger partial charge on any atom is -0.496 e. The molecule has 3 heterocycles. The van der Waals surface area contributed by atoms with Gasteiger partial charge >= 0.3 is 0 Å². The maximum Gasteiger partial charge on any atom is 0.261 e. The monoisotopic (exact) mass is 447 g/mol. The molecule has 4 rings (SSSR count). The van der Waals surface area contributed by atoms with Crippen molar-refractivity contribution in [1.82, 2.24) is 19.9 Å². The molecule has 0 radical (unpaired) electrons.